The van der Waals surface area contributed by atoms with Crippen LogP contribution in [0, 0.1) is 20.2 Å². The number of amides is 1. The van der Waals surface area contributed by atoms with E-state index in [2.05, 4.69) is 10.5 Å². The molecule has 13 heteroatoms. The fourth-order valence-corrected chi connectivity index (χ4v) is 2.56. The van der Waals surface area contributed by atoms with Crippen molar-refractivity contribution in [3.8, 4) is 23.0 Å². The van der Waals surface area contributed by atoms with Gasteiger partial charge < -0.3 is 19.3 Å². The molecule has 0 saturated carbocycles. The fraction of sp³-hybridized carbons (Fsp3) is 0.158. The zero-order chi connectivity index (χ0) is 23.8. The number of carbonyl (C=O) groups excluding carboxylic acids is 1. The first-order chi connectivity index (χ1) is 15.2. The number of hydrogen-bond acceptors (Lipinski definition) is 10. The molecule has 0 aliphatic carbocycles. The molecular weight excluding hydrogens is 428 g/mol. The molecule has 1 amide bonds. The van der Waals surface area contributed by atoms with Crippen molar-refractivity contribution in [2.24, 2.45) is 5.10 Å². The van der Waals surface area contributed by atoms with Gasteiger partial charge in [0.05, 0.1) is 37.4 Å². The average Bonchev–Trinajstić information content (AvgIpc) is 2.77. The summed E-state index contributed by atoms with van der Waals surface area (Å²) in [4.78, 5) is 32.8. The average molecular weight is 446 g/mol. The minimum Gasteiger partial charge on any atom is -0.500 e. The SMILES string of the molecule is COc1cc(/C=N/NC(=O)/C=C/c2cc(OC)c(OC)c([N+](=O)[O-])c2)cc([N+](=O)[O-])c1O. The first-order valence-corrected chi connectivity index (χ1v) is 8.68. The van der Waals surface area contributed by atoms with Crippen LogP contribution in [0.4, 0.5) is 11.4 Å². The highest BCUT2D eigenvalue weighted by atomic mass is 16.6. The van der Waals surface area contributed by atoms with Crippen molar-refractivity contribution in [3.63, 3.8) is 0 Å². The minimum atomic E-state index is -0.793. The summed E-state index contributed by atoms with van der Waals surface area (Å²) in [6, 6.07) is 4.99. The molecule has 0 aromatic heterocycles. The van der Waals surface area contributed by atoms with Gasteiger partial charge in [-0.2, -0.15) is 5.10 Å². The molecule has 168 valence electrons. The second-order valence-corrected chi connectivity index (χ2v) is 5.95. The second kappa shape index (κ2) is 10.4. The molecule has 32 heavy (non-hydrogen) atoms. The summed E-state index contributed by atoms with van der Waals surface area (Å²) in [6.45, 7) is 0. The van der Waals surface area contributed by atoms with Gasteiger partial charge in [-0.25, -0.2) is 5.43 Å². The third-order valence-corrected chi connectivity index (χ3v) is 3.99. The molecule has 0 aliphatic rings. The van der Waals surface area contributed by atoms with Crippen molar-refractivity contribution in [1.29, 1.82) is 0 Å². The molecule has 2 N–H and O–H groups in total. The number of benzene rings is 2. The summed E-state index contributed by atoms with van der Waals surface area (Å²) >= 11 is 0. The monoisotopic (exact) mass is 446 g/mol. The largest absolute Gasteiger partial charge is 0.500 e. The number of ether oxygens (including phenoxy) is 3. The van der Waals surface area contributed by atoms with E-state index in [1.54, 1.807) is 0 Å². The maximum absolute atomic E-state index is 12.0. The molecule has 0 aliphatic heterocycles. The van der Waals surface area contributed by atoms with Crippen LogP contribution >= 0.6 is 0 Å². The molecule has 2 rings (SSSR count). The highest BCUT2D eigenvalue weighted by Gasteiger charge is 2.21. The van der Waals surface area contributed by atoms with Crippen LogP contribution in [0.2, 0.25) is 0 Å². The number of phenolic OH excluding ortho intramolecular Hbond substituents is 1. The highest BCUT2D eigenvalue weighted by molar-refractivity contribution is 5.93. The third-order valence-electron chi connectivity index (χ3n) is 3.99. The molecule has 0 radical (unpaired) electrons. The minimum absolute atomic E-state index is 0.0536. The number of nitro benzene ring substituents is 2. The number of nitrogens with one attached hydrogen (secondary N) is 1. The van der Waals surface area contributed by atoms with Crippen molar-refractivity contribution >= 4 is 29.6 Å². The van der Waals surface area contributed by atoms with Crippen LogP contribution in [-0.2, 0) is 4.79 Å². The van der Waals surface area contributed by atoms with Crippen LogP contribution in [0.5, 0.6) is 23.0 Å². The van der Waals surface area contributed by atoms with Crippen LogP contribution in [0.15, 0.2) is 35.4 Å². The standard InChI is InChI=1S/C19H18N4O9/c1-30-15-9-12(7-13(18(15)25)22(26)27)10-20-21-17(24)5-4-11-6-14(23(28)29)19(32-3)16(8-11)31-2/h4-10,25H,1-3H3,(H,21,24)/b5-4+,20-10+. The molecule has 0 bridgehead atoms. The molecule has 0 heterocycles. The van der Waals surface area contributed by atoms with Gasteiger partial charge in [-0.3, -0.25) is 25.0 Å². The number of hydrazone groups is 1. The van der Waals surface area contributed by atoms with Crippen molar-refractivity contribution < 1.29 is 34.0 Å². The first kappa shape index (κ1) is 23.6. The van der Waals surface area contributed by atoms with Crippen molar-refractivity contribution in [3.05, 3.63) is 61.7 Å². The summed E-state index contributed by atoms with van der Waals surface area (Å²) in [7, 11) is 3.81. The Morgan fingerprint density at radius 3 is 2.12 bits per heavy atom. The summed E-state index contributed by atoms with van der Waals surface area (Å²) in [5, 5.41) is 35.7. The zero-order valence-corrected chi connectivity index (χ0v) is 17.1. The van der Waals surface area contributed by atoms with Gasteiger partial charge in [-0.05, 0) is 23.8 Å². The Hall–Kier alpha value is -4.68. The predicted molar refractivity (Wildman–Crippen MR) is 112 cm³/mol. The number of rotatable bonds is 9. The van der Waals surface area contributed by atoms with Gasteiger partial charge in [-0.15, -0.1) is 0 Å². The number of carbonyl (C=O) groups is 1. The third kappa shape index (κ3) is 5.47. The Bertz CT molecular complexity index is 1110. The predicted octanol–water partition coefficient (Wildman–Crippen LogP) is 2.40. The molecule has 13 nitrogen and oxygen atoms in total. The maximum atomic E-state index is 12.0. The molecular formula is C19H18N4O9. The smallest absolute Gasteiger partial charge is 0.315 e. The van der Waals surface area contributed by atoms with Crippen molar-refractivity contribution in [1.82, 2.24) is 5.43 Å². The van der Waals surface area contributed by atoms with Crippen LogP contribution in [0.3, 0.4) is 0 Å². The number of nitro groups is 2. The van der Waals surface area contributed by atoms with E-state index in [9.17, 15) is 30.1 Å². The topological polar surface area (TPSA) is 176 Å². The number of aromatic hydroxyl groups is 1. The first-order valence-electron chi connectivity index (χ1n) is 8.68. The highest BCUT2D eigenvalue weighted by Crippen LogP contribution is 2.38. The van der Waals surface area contributed by atoms with Gasteiger partial charge >= 0.3 is 11.4 Å². The van der Waals surface area contributed by atoms with E-state index in [0.29, 0.717) is 5.56 Å². The summed E-state index contributed by atoms with van der Waals surface area (Å²) in [6.07, 6.45) is 3.48. The van der Waals surface area contributed by atoms with Crippen LogP contribution in [0.25, 0.3) is 6.08 Å². The van der Waals surface area contributed by atoms with E-state index in [1.165, 1.54) is 45.6 Å². The van der Waals surface area contributed by atoms with E-state index < -0.39 is 27.2 Å². The van der Waals surface area contributed by atoms with Crippen LogP contribution in [-0.4, -0.2) is 48.4 Å². The molecule has 0 unspecified atom stereocenters. The van der Waals surface area contributed by atoms with E-state index in [4.69, 9.17) is 14.2 Å². The lowest BCUT2D eigenvalue weighted by Crippen LogP contribution is -2.14. The van der Waals surface area contributed by atoms with Gasteiger partial charge in [0.25, 0.3) is 5.91 Å². The number of phenols is 1. The van der Waals surface area contributed by atoms with E-state index >= 15 is 0 Å². The fourth-order valence-electron chi connectivity index (χ4n) is 2.56. The summed E-state index contributed by atoms with van der Waals surface area (Å²) in [5.41, 5.74) is 1.73. The van der Waals surface area contributed by atoms with Crippen molar-refractivity contribution in [2.75, 3.05) is 21.3 Å². The number of hydrogen-bond donors (Lipinski definition) is 2. The zero-order valence-electron chi connectivity index (χ0n) is 17.1. The van der Waals surface area contributed by atoms with Gasteiger partial charge in [0.15, 0.2) is 11.5 Å². The Balaban J connectivity index is 2.18. The maximum Gasteiger partial charge on any atom is 0.315 e. The molecule has 2 aromatic carbocycles. The normalized spacial score (nSPS) is 10.8. The van der Waals surface area contributed by atoms with Gasteiger partial charge in [0.1, 0.15) is 0 Å². The summed E-state index contributed by atoms with van der Waals surface area (Å²) < 4.78 is 14.9. The second-order valence-electron chi connectivity index (χ2n) is 5.95. The summed E-state index contributed by atoms with van der Waals surface area (Å²) in [5.74, 6) is -1.39. The molecule has 0 spiro atoms. The van der Waals surface area contributed by atoms with E-state index in [-0.39, 0.29) is 28.5 Å². The Labute approximate surface area is 180 Å². The number of nitrogens with zero attached hydrogens (tertiary/aromatic N) is 3. The lowest BCUT2D eigenvalue weighted by molar-refractivity contribution is -0.386. The quantitative estimate of drug-likeness (QED) is 0.253. The number of methoxy groups -OCH3 is 3. The van der Waals surface area contributed by atoms with E-state index in [0.717, 1.165) is 18.4 Å². The Morgan fingerprint density at radius 1 is 0.969 bits per heavy atom. The van der Waals surface area contributed by atoms with Crippen LogP contribution in [0.1, 0.15) is 11.1 Å². The van der Waals surface area contributed by atoms with E-state index in [1.807, 2.05) is 0 Å². The lowest BCUT2D eigenvalue weighted by atomic mass is 10.1. The molecule has 0 saturated heterocycles. The van der Waals surface area contributed by atoms with Gasteiger partial charge in [-0.1, -0.05) is 0 Å². The Kier molecular flexibility index (Phi) is 7.65. The molecule has 2 aromatic rings. The molecule has 0 atom stereocenters. The van der Waals surface area contributed by atoms with Gasteiger partial charge in [0, 0.05) is 23.8 Å². The van der Waals surface area contributed by atoms with Crippen molar-refractivity contribution in [2.45, 2.75) is 0 Å². The Morgan fingerprint density at radius 2 is 1.56 bits per heavy atom. The van der Waals surface area contributed by atoms with Gasteiger partial charge in [0.2, 0.25) is 11.5 Å². The lowest BCUT2D eigenvalue weighted by Gasteiger charge is -2.08. The van der Waals surface area contributed by atoms with Crippen LogP contribution < -0.4 is 19.6 Å². The molecule has 0 fully saturated rings.